The molecule has 108 valence electrons. The van der Waals surface area contributed by atoms with Crippen LogP contribution in [-0.4, -0.2) is 27.5 Å². The lowest BCUT2D eigenvalue weighted by Gasteiger charge is -2.02. The molecule has 0 radical (unpaired) electrons. The molecule has 0 atom stereocenters. The molecule has 3 rings (SSSR count). The summed E-state index contributed by atoms with van der Waals surface area (Å²) in [6.45, 7) is 2.58. The standard InChI is InChI=1S/C15H15N3O3/c1-2-3-8-16-13(19)11-12-14(21-15(11)20)18-10-7-5-4-6-9(10)17-12/h4-7,20H,2-3,8H2,1H3,(H,16,19). The van der Waals surface area contributed by atoms with Crippen molar-refractivity contribution in [1.29, 1.82) is 0 Å². The Morgan fingerprint density at radius 3 is 2.71 bits per heavy atom. The number of unbranched alkanes of at least 4 members (excludes halogenated alkanes) is 1. The van der Waals surface area contributed by atoms with Gasteiger partial charge in [-0.3, -0.25) is 4.79 Å². The molecule has 0 aliphatic carbocycles. The fourth-order valence-corrected chi connectivity index (χ4v) is 2.13. The Morgan fingerprint density at radius 2 is 2.00 bits per heavy atom. The maximum absolute atomic E-state index is 12.2. The summed E-state index contributed by atoms with van der Waals surface area (Å²) in [7, 11) is 0. The van der Waals surface area contributed by atoms with Gasteiger partial charge in [-0.2, -0.15) is 0 Å². The summed E-state index contributed by atoms with van der Waals surface area (Å²) in [6, 6.07) is 7.26. The topological polar surface area (TPSA) is 88.2 Å². The van der Waals surface area contributed by atoms with Crippen LogP contribution in [0.2, 0.25) is 0 Å². The number of hydrogen-bond donors (Lipinski definition) is 2. The van der Waals surface area contributed by atoms with Gasteiger partial charge in [0.1, 0.15) is 5.52 Å². The van der Waals surface area contributed by atoms with Crippen molar-refractivity contribution in [2.24, 2.45) is 0 Å². The van der Waals surface area contributed by atoms with Crippen LogP contribution in [0.3, 0.4) is 0 Å². The molecule has 0 aliphatic heterocycles. The van der Waals surface area contributed by atoms with Crippen LogP contribution in [0.5, 0.6) is 5.95 Å². The van der Waals surface area contributed by atoms with Gasteiger partial charge in [0.15, 0.2) is 5.56 Å². The molecule has 0 spiro atoms. The highest BCUT2D eigenvalue weighted by Gasteiger charge is 2.23. The summed E-state index contributed by atoms with van der Waals surface area (Å²) in [6.07, 6.45) is 1.85. The van der Waals surface area contributed by atoms with Crippen LogP contribution in [0.1, 0.15) is 30.1 Å². The van der Waals surface area contributed by atoms with Crippen LogP contribution in [0.25, 0.3) is 22.3 Å². The predicted molar refractivity (Wildman–Crippen MR) is 78.2 cm³/mol. The molecule has 0 fully saturated rings. The molecular formula is C15H15N3O3. The number of carbonyl (C=O) groups excluding carboxylic acids is 1. The summed E-state index contributed by atoms with van der Waals surface area (Å²) in [5.41, 5.74) is 1.77. The molecule has 0 unspecified atom stereocenters. The number of aromatic nitrogens is 2. The first kappa shape index (κ1) is 13.4. The van der Waals surface area contributed by atoms with Gasteiger partial charge in [-0.25, -0.2) is 9.97 Å². The maximum atomic E-state index is 12.2. The molecule has 0 aliphatic rings. The third kappa shape index (κ3) is 2.40. The molecular weight excluding hydrogens is 270 g/mol. The third-order valence-corrected chi connectivity index (χ3v) is 3.23. The lowest BCUT2D eigenvalue weighted by Crippen LogP contribution is -2.24. The van der Waals surface area contributed by atoms with Gasteiger partial charge in [0.05, 0.1) is 11.0 Å². The van der Waals surface area contributed by atoms with Crippen molar-refractivity contribution in [3.05, 3.63) is 29.8 Å². The van der Waals surface area contributed by atoms with Crippen molar-refractivity contribution in [2.45, 2.75) is 19.8 Å². The maximum Gasteiger partial charge on any atom is 0.299 e. The molecule has 0 saturated heterocycles. The highest BCUT2D eigenvalue weighted by molar-refractivity contribution is 6.07. The van der Waals surface area contributed by atoms with E-state index in [1.165, 1.54) is 0 Å². The highest BCUT2D eigenvalue weighted by atomic mass is 16.5. The number of benzene rings is 1. The Bertz CT molecular complexity index is 810. The first-order valence-corrected chi connectivity index (χ1v) is 6.87. The van der Waals surface area contributed by atoms with Crippen molar-refractivity contribution >= 4 is 28.2 Å². The van der Waals surface area contributed by atoms with E-state index in [2.05, 4.69) is 15.3 Å². The van der Waals surface area contributed by atoms with Gasteiger partial charge in [-0.15, -0.1) is 0 Å². The van der Waals surface area contributed by atoms with E-state index in [1.807, 2.05) is 19.1 Å². The molecule has 6 heteroatoms. The summed E-state index contributed by atoms with van der Waals surface area (Å²) >= 11 is 0. The van der Waals surface area contributed by atoms with Crippen LogP contribution in [0.15, 0.2) is 28.7 Å². The minimum absolute atomic E-state index is 0.0411. The Labute approximate surface area is 120 Å². The van der Waals surface area contributed by atoms with E-state index < -0.39 is 11.9 Å². The SMILES string of the molecule is CCCCNC(=O)c1c(O)oc2nc3ccccc3nc12. The molecule has 0 bridgehead atoms. The average molecular weight is 285 g/mol. The fourth-order valence-electron chi connectivity index (χ4n) is 2.13. The normalized spacial score (nSPS) is 11.1. The van der Waals surface area contributed by atoms with Crippen LogP contribution in [0, 0.1) is 0 Å². The van der Waals surface area contributed by atoms with Crippen molar-refractivity contribution in [1.82, 2.24) is 15.3 Å². The largest absolute Gasteiger partial charge is 0.480 e. The molecule has 2 N–H and O–H groups in total. The molecule has 1 aromatic carbocycles. The van der Waals surface area contributed by atoms with E-state index in [0.717, 1.165) is 12.8 Å². The summed E-state index contributed by atoms with van der Waals surface area (Å²) in [5, 5.41) is 12.6. The summed E-state index contributed by atoms with van der Waals surface area (Å²) in [4.78, 5) is 20.8. The van der Waals surface area contributed by atoms with Crippen molar-refractivity contribution in [3.8, 4) is 5.95 Å². The Balaban J connectivity index is 2.07. The second-order valence-electron chi connectivity index (χ2n) is 4.76. The van der Waals surface area contributed by atoms with E-state index in [-0.39, 0.29) is 16.8 Å². The van der Waals surface area contributed by atoms with E-state index in [4.69, 9.17) is 4.42 Å². The second-order valence-corrected chi connectivity index (χ2v) is 4.76. The van der Waals surface area contributed by atoms with Crippen LogP contribution in [0.4, 0.5) is 0 Å². The van der Waals surface area contributed by atoms with E-state index in [0.29, 0.717) is 17.6 Å². The number of nitrogens with zero attached hydrogens (tertiary/aromatic N) is 2. The van der Waals surface area contributed by atoms with Crippen LogP contribution < -0.4 is 5.32 Å². The van der Waals surface area contributed by atoms with E-state index >= 15 is 0 Å². The average Bonchev–Trinajstić information content (AvgIpc) is 2.79. The first-order chi connectivity index (χ1) is 10.2. The van der Waals surface area contributed by atoms with Gasteiger partial charge in [0.2, 0.25) is 0 Å². The number of para-hydroxylation sites is 2. The summed E-state index contributed by atoms with van der Waals surface area (Å²) in [5.74, 6) is -0.849. The third-order valence-electron chi connectivity index (χ3n) is 3.23. The van der Waals surface area contributed by atoms with E-state index in [9.17, 15) is 9.90 Å². The van der Waals surface area contributed by atoms with Crippen molar-refractivity contribution in [3.63, 3.8) is 0 Å². The monoisotopic (exact) mass is 285 g/mol. The Kier molecular flexibility index (Phi) is 3.43. The highest BCUT2D eigenvalue weighted by Crippen LogP contribution is 2.29. The number of fused-ring (bicyclic) bond motifs is 2. The van der Waals surface area contributed by atoms with Crippen LogP contribution in [-0.2, 0) is 0 Å². The zero-order valence-electron chi connectivity index (χ0n) is 11.6. The Morgan fingerprint density at radius 1 is 1.29 bits per heavy atom. The molecule has 1 amide bonds. The van der Waals surface area contributed by atoms with Gasteiger partial charge < -0.3 is 14.8 Å². The first-order valence-electron chi connectivity index (χ1n) is 6.87. The zero-order chi connectivity index (χ0) is 14.8. The molecule has 2 aromatic heterocycles. The number of furan rings is 1. The van der Waals surface area contributed by atoms with Gasteiger partial charge in [0.25, 0.3) is 17.6 Å². The number of carbonyl (C=O) groups is 1. The zero-order valence-corrected chi connectivity index (χ0v) is 11.6. The number of amides is 1. The lowest BCUT2D eigenvalue weighted by molar-refractivity contribution is 0.0949. The van der Waals surface area contributed by atoms with Crippen LogP contribution >= 0.6 is 0 Å². The Hall–Kier alpha value is -2.63. The van der Waals surface area contributed by atoms with Gasteiger partial charge in [-0.1, -0.05) is 25.5 Å². The minimum Gasteiger partial charge on any atom is -0.480 e. The fraction of sp³-hybridized carbons (Fsp3) is 0.267. The molecule has 0 saturated carbocycles. The smallest absolute Gasteiger partial charge is 0.299 e. The lowest BCUT2D eigenvalue weighted by atomic mass is 10.2. The number of rotatable bonds is 4. The van der Waals surface area contributed by atoms with Gasteiger partial charge in [-0.05, 0) is 18.6 Å². The predicted octanol–water partition coefficient (Wildman–Crippen LogP) is 2.61. The number of nitrogens with one attached hydrogen (secondary N) is 1. The molecule has 6 nitrogen and oxygen atoms in total. The quantitative estimate of drug-likeness (QED) is 0.719. The van der Waals surface area contributed by atoms with Crippen molar-refractivity contribution in [2.75, 3.05) is 6.54 Å². The number of hydrogen-bond acceptors (Lipinski definition) is 5. The summed E-state index contributed by atoms with van der Waals surface area (Å²) < 4.78 is 5.16. The molecule has 3 aromatic rings. The minimum atomic E-state index is -0.450. The van der Waals surface area contributed by atoms with Gasteiger partial charge >= 0.3 is 0 Å². The van der Waals surface area contributed by atoms with Crippen molar-refractivity contribution < 1.29 is 14.3 Å². The van der Waals surface area contributed by atoms with Gasteiger partial charge in [0, 0.05) is 6.54 Å². The molecule has 21 heavy (non-hydrogen) atoms. The molecule has 2 heterocycles. The number of aromatic hydroxyl groups is 1. The van der Waals surface area contributed by atoms with E-state index in [1.54, 1.807) is 12.1 Å². The second kappa shape index (κ2) is 5.40.